The summed E-state index contributed by atoms with van der Waals surface area (Å²) in [6, 6.07) is 58.9. The SMILES string of the molecule is C/C=c1/cccc/c1=C(/C)N(C1=CC(c2ccccc2)C(c2ccccc2)C=C1)c1ccc(-c2ccccc2)c(-c2ccccc2)c1. The van der Waals surface area contributed by atoms with E-state index in [9.17, 15) is 0 Å². The molecule has 0 aromatic heterocycles. The smallest absolute Gasteiger partial charge is 0.0465 e. The van der Waals surface area contributed by atoms with Gasteiger partial charge < -0.3 is 4.90 Å². The molecule has 0 aliphatic heterocycles. The van der Waals surface area contributed by atoms with Crippen LogP contribution < -0.4 is 15.3 Å². The summed E-state index contributed by atoms with van der Waals surface area (Å²) in [5.41, 5.74) is 11.0. The van der Waals surface area contributed by atoms with Crippen molar-refractivity contribution in [3.63, 3.8) is 0 Å². The van der Waals surface area contributed by atoms with E-state index in [-0.39, 0.29) is 11.8 Å². The number of anilines is 1. The van der Waals surface area contributed by atoms with Crippen molar-refractivity contribution < 1.29 is 0 Å². The maximum Gasteiger partial charge on any atom is 0.0465 e. The van der Waals surface area contributed by atoms with Crippen LogP contribution in [0.4, 0.5) is 5.69 Å². The number of hydrogen-bond donors (Lipinski definition) is 0. The minimum atomic E-state index is 0.180. The van der Waals surface area contributed by atoms with Crippen LogP contribution >= 0.6 is 0 Å². The van der Waals surface area contributed by atoms with Gasteiger partial charge in [0.2, 0.25) is 0 Å². The Kier molecular flexibility index (Phi) is 8.79. The highest BCUT2D eigenvalue weighted by Gasteiger charge is 2.27. The maximum absolute atomic E-state index is 2.47. The molecule has 0 saturated heterocycles. The molecule has 0 heterocycles. The van der Waals surface area contributed by atoms with Crippen LogP contribution in [0.15, 0.2) is 188 Å². The molecule has 0 saturated carbocycles. The van der Waals surface area contributed by atoms with Gasteiger partial charge in [-0.05, 0) is 70.7 Å². The van der Waals surface area contributed by atoms with Gasteiger partial charge in [-0.25, -0.2) is 0 Å². The normalized spacial score (nSPS) is 16.8. The van der Waals surface area contributed by atoms with Crippen LogP contribution in [0.25, 0.3) is 34.0 Å². The van der Waals surface area contributed by atoms with Crippen molar-refractivity contribution in [2.45, 2.75) is 25.7 Å². The summed E-state index contributed by atoms with van der Waals surface area (Å²) in [6.07, 6.45) is 9.40. The molecule has 7 rings (SSSR count). The number of benzene rings is 6. The monoisotopic (exact) mass is 605 g/mol. The van der Waals surface area contributed by atoms with Crippen molar-refractivity contribution in [2.75, 3.05) is 4.90 Å². The average Bonchev–Trinajstić information content (AvgIpc) is 3.16. The van der Waals surface area contributed by atoms with Gasteiger partial charge in [0.25, 0.3) is 0 Å². The Bertz CT molecular complexity index is 2140. The van der Waals surface area contributed by atoms with Crippen LogP contribution in [0.2, 0.25) is 0 Å². The largest absolute Gasteiger partial charge is 0.314 e. The zero-order valence-electron chi connectivity index (χ0n) is 27.0. The van der Waals surface area contributed by atoms with Gasteiger partial charge >= 0.3 is 0 Å². The zero-order chi connectivity index (χ0) is 32.0. The lowest BCUT2D eigenvalue weighted by Crippen LogP contribution is -2.33. The summed E-state index contributed by atoms with van der Waals surface area (Å²) in [5, 5.41) is 2.44. The first kappa shape index (κ1) is 30.0. The van der Waals surface area contributed by atoms with E-state index in [1.54, 1.807) is 0 Å². The second-order valence-electron chi connectivity index (χ2n) is 12.1. The van der Waals surface area contributed by atoms with Crippen LogP contribution in [0.5, 0.6) is 0 Å². The third-order valence-corrected chi connectivity index (χ3v) is 9.27. The Hall–Kier alpha value is -5.66. The average molecular weight is 606 g/mol. The van der Waals surface area contributed by atoms with E-state index in [0.717, 1.165) is 5.69 Å². The van der Waals surface area contributed by atoms with Crippen molar-refractivity contribution in [1.82, 2.24) is 0 Å². The molecule has 6 aromatic carbocycles. The minimum Gasteiger partial charge on any atom is -0.314 e. The van der Waals surface area contributed by atoms with E-state index >= 15 is 0 Å². The second-order valence-corrected chi connectivity index (χ2v) is 12.1. The van der Waals surface area contributed by atoms with Gasteiger partial charge in [0.05, 0.1) is 0 Å². The lowest BCUT2D eigenvalue weighted by molar-refractivity contribution is 0.721. The van der Waals surface area contributed by atoms with Crippen LogP contribution in [0.3, 0.4) is 0 Å². The minimum absolute atomic E-state index is 0.180. The highest BCUT2D eigenvalue weighted by Crippen LogP contribution is 2.43. The van der Waals surface area contributed by atoms with Gasteiger partial charge in [-0.1, -0.05) is 170 Å². The van der Waals surface area contributed by atoms with Gasteiger partial charge in [0.1, 0.15) is 0 Å². The first-order valence-corrected chi connectivity index (χ1v) is 16.5. The Morgan fingerprint density at radius 3 is 1.70 bits per heavy atom. The fourth-order valence-corrected chi connectivity index (χ4v) is 6.92. The van der Waals surface area contributed by atoms with E-state index in [1.165, 1.54) is 55.2 Å². The Morgan fingerprint density at radius 2 is 1.09 bits per heavy atom. The molecule has 2 unspecified atom stereocenters. The predicted octanol–water partition coefficient (Wildman–Crippen LogP) is 10.5. The van der Waals surface area contributed by atoms with Gasteiger partial charge in [0.15, 0.2) is 0 Å². The maximum atomic E-state index is 2.47. The molecule has 1 aliphatic rings. The number of allylic oxidation sites excluding steroid dienone is 3. The number of rotatable bonds is 7. The molecular weight excluding hydrogens is 567 g/mol. The van der Waals surface area contributed by atoms with Crippen LogP contribution in [0.1, 0.15) is 36.8 Å². The van der Waals surface area contributed by atoms with E-state index < -0.39 is 0 Å². The summed E-state index contributed by atoms with van der Waals surface area (Å²) < 4.78 is 0. The van der Waals surface area contributed by atoms with Crippen LogP contribution in [0, 0.1) is 0 Å². The van der Waals surface area contributed by atoms with Crippen molar-refractivity contribution in [1.29, 1.82) is 0 Å². The Labute approximate surface area is 278 Å². The topological polar surface area (TPSA) is 3.24 Å². The molecule has 2 atom stereocenters. The van der Waals surface area contributed by atoms with Crippen LogP contribution in [-0.2, 0) is 0 Å². The highest BCUT2D eigenvalue weighted by molar-refractivity contribution is 5.88. The zero-order valence-corrected chi connectivity index (χ0v) is 27.0. The summed E-state index contributed by atoms with van der Waals surface area (Å²) in [6.45, 7) is 4.37. The Balaban J connectivity index is 1.46. The molecule has 0 fully saturated rings. The lowest BCUT2D eigenvalue weighted by Gasteiger charge is -2.34. The van der Waals surface area contributed by atoms with Gasteiger partial charge in [-0.3, -0.25) is 0 Å². The fourth-order valence-electron chi connectivity index (χ4n) is 6.92. The van der Waals surface area contributed by atoms with Gasteiger partial charge in [-0.2, -0.15) is 0 Å². The van der Waals surface area contributed by atoms with Crippen molar-refractivity contribution in [3.8, 4) is 22.3 Å². The summed E-state index contributed by atoms with van der Waals surface area (Å²) in [5.74, 6) is 0.417. The summed E-state index contributed by atoms with van der Waals surface area (Å²) >= 11 is 0. The number of hydrogen-bond acceptors (Lipinski definition) is 1. The van der Waals surface area contributed by atoms with E-state index in [0.29, 0.717) is 0 Å². The van der Waals surface area contributed by atoms with Crippen LogP contribution in [-0.4, -0.2) is 0 Å². The molecule has 228 valence electrons. The third-order valence-electron chi connectivity index (χ3n) is 9.27. The van der Waals surface area contributed by atoms with Crippen molar-refractivity contribution in [2.24, 2.45) is 0 Å². The van der Waals surface area contributed by atoms with Gasteiger partial charge in [0, 0.05) is 34.1 Å². The lowest BCUT2D eigenvalue weighted by atomic mass is 9.78. The van der Waals surface area contributed by atoms with E-state index in [2.05, 4.69) is 207 Å². The molecule has 0 bridgehead atoms. The molecular formula is C46H39N. The summed E-state index contributed by atoms with van der Waals surface area (Å²) in [7, 11) is 0. The van der Waals surface area contributed by atoms with Crippen molar-refractivity contribution in [3.05, 3.63) is 209 Å². The van der Waals surface area contributed by atoms with E-state index in [1.807, 2.05) is 0 Å². The molecule has 1 nitrogen and oxygen atoms in total. The molecule has 0 spiro atoms. The molecule has 47 heavy (non-hydrogen) atoms. The first-order chi connectivity index (χ1) is 23.2. The highest BCUT2D eigenvalue weighted by atomic mass is 15.2. The molecule has 0 amide bonds. The molecule has 1 aliphatic carbocycles. The third kappa shape index (κ3) is 6.26. The molecule has 0 N–H and O–H groups in total. The Morgan fingerprint density at radius 1 is 0.553 bits per heavy atom. The molecule has 1 heteroatoms. The first-order valence-electron chi connectivity index (χ1n) is 16.5. The number of nitrogens with zero attached hydrogens (tertiary/aromatic N) is 1. The molecule has 6 aromatic rings. The predicted molar refractivity (Wildman–Crippen MR) is 200 cm³/mol. The summed E-state index contributed by atoms with van der Waals surface area (Å²) in [4.78, 5) is 2.46. The fraction of sp³-hybridized carbons (Fsp3) is 0.0870. The quantitative estimate of drug-likeness (QED) is 0.175. The molecule has 0 radical (unpaired) electrons. The van der Waals surface area contributed by atoms with E-state index in [4.69, 9.17) is 0 Å². The van der Waals surface area contributed by atoms with Crippen molar-refractivity contribution >= 4 is 17.5 Å². The second kappa shape index (κ2) is 13.8. The van der Waals surface area contributed by atoms with Gasteiger partial charge in [-0.15, -0.1) is 0 Å². The standard InChI is InChI=1S/C46H39N/c1-3-35-18-16-17-27-42(35)34(2)47(40-28-30-43(36-19-8-4-9-20-36)45(32-40)38-23-12-6-13-24-38)41-29-31-44(37-21-10-5-11-22-37)46(33-41)39-25-14-7-15-26-39/h3-33,43,45H,1-2H3/b35-3-,42-34+.